The van der Waals surface area contributed by atoms with Crippen molar-refractivity contribution in [3.63, 3.8) is 0 Å². The lowest BCUT2D eigenvalue weighted by Crippen LogP contribution is -2.42. The van der Waals surface area contributed by atoms with Crippen LogP contribution < -0.4 is 4.74 Å². The smallest absolute Gasteiger partial charge is 0.153 e. The number of sulfone groups is 1. The van der Waals surface area contributed by atoms with E-state index in [1.54, 1.807) is 18.6 Å². The zero-order chi connectivity index (χ0) is 17.9. The van der Waals surface area contributed by atoms with Crippen molar-refractivity contribution >= 4 is 9.84 Å². The van der Waals surface area contributed by atoms with Gasteiger partial charge in [-0.25, -0.2) is 8.42 Å². The van der Waals surface area contributed by atoms with E-state index in [-0.39, 0.29) is 17.5 Å². The lowest BCUT2D eigenvalue weighted by atomic mass is 10.1. The van der Waals surface area contributed by atoms with Crippen LogP contribution in [0.3, 0.4) is 0 Å². The van der Waals surface area contributed by atoms with Crippen molar-refractivity contribution in [2.45, 2.75) is 33.0 Å². The highest BCUT2D eigenvalue weighted by Crippen LogP contribution is 2.28. The van der Waals surface area contributed by atoms with Crippen LogP contribution in [-0.2, 0) is 22.9 Å². The molecule has 136 valence electrons. The van der Waals surface area contributed by atoms with Gasteiger partial charge in [-0.1, -0.05) is 0 Å². The van der Waals surface area contributed by atoms with E-state index in [9.17, 15) is 8.42 Å². The van der Waals surface area contributed by atoms with Crippen LogP contribution in [0.1, 0.15) is 31.0 Å². The molecule has 2 aromatic rings. The Hall–Kier alpha value is -1.93. The first kappa shape index (κ1) is 17.9. The lowest BCUT2D eigenvalue weighted by molar-refractivity contribution is 0.205. The molecule has 1 aliphatic heterocycles. The predicted octanol–water partition coefficient (Wildman–Crippen LogP) is 1.67. The highest BCUT2D eigenvalue weighted by atomic mass is 32.2. The van der Waals surface area contributed by atoms with Crippen molar-refractivity contribution in [2.24, 2.45) is 0 Å². The van der Waals surface area contributed by atoms with E-state index in [0.29, 0.717) is 19.7 Å². The van der Waals surface area contributed by atoms with Gasteiger partial charge in [0.05, 0.1) is 36.5 Å². The van der Waals surface area contributed by atoms with Crippen LogP contribution in [0.5, 0.6) is 5.75 Å². The second kappa shape index (κ2) is 7.53. The van der Waals surface area contributed by atoms with Crippen LogP contribution in [0, 0.1) is 0 Å². The van der Waals surface area contributed by atoms with Crippen LogP contribution in [0.25, 0.3) is 0 Å². The van der Waals surface area contributed by atoms with Gasteiger partial charge >= 0.3 is 0 Å². The number of pyridine rings is 1. The van der Waals surface area contributed by atoms with Gasteiger partial charge in [-0.2, -0.15) is 5.10 Å². The van der Waals surface area contributed by atoms with E-state index in [0.717, 1.165) is 23.4 Å². The molecule has 2 aromatic heterocycles. The summed E-state index contributed by atoms with van der Waals surface area (Å²) in [6, 6.07) is 1.78. The Labute approximate surface area is 148 Å². The number of rotatable bonds is 6. The summed E-state index contributed by atoms with van der Waals surface area (Å²) < 4.78 is 31.7. The van der Waals surface area contributed by atoms with Gasteiger partial charge in [0.25, 0.3) is 0 Å². The highest BCUT2D eigenvalue weighted by Gasteiger charge is 2.33. The maximum Gasteiger partial charge on any atom is 0.153 e. The van der Waals surface area contributed by atoms with Gasteiger partial charge in [-0.3, -0.25) is 14.6 Å². The van der Waals surface area contributed by atoms with E-state index in [1.807, 2.05) is 30.8 Å². The Morgan fingerprint density at radius 3 is 2.84 bits per heavy atom. The molecule has 0 aliphatic carbocycles. The first-order chi connectivity index (χ1) is 12.0. The first-order valence-corrected chi connectivity index (χ1v) is 10.4. The summed E-state index contributed by atoms with van der Waals surface area (Å²) in [6.45, 7) is 6.43. The third-order valence-electron chi connectivity index (χ3n) is 4.37. The van der Waals surface area contributed by atoms with Gasteiger partial charge in [0.2, 0.25) is 0 Å². The second-order valence-electron chi connectivity index (χ2n) is 6.19. The van der Waals surface area contributed by atoms with E-state index < -0.39 is 9.84 Å². The summed E-state index contributed by atoms with van der Waals surface area (Å²) in [5.74, 6) is 1.05. The zero-order valence-electron chi connectivity index (χ0n) is 14.6. The van der Waals surface area contributed by atoms with Gasteiger partial charge in [0.1, 0.15) is 5.75 Å². The maximum absolute atomic E-state index is 12.2. The monoisotopic (exact) mass is 364 g/mol. The minimum atomic E-state index is -3.04. The van der Waals surface area contributed by atoms with Crippen LogP contribution in [0.2, 0.25) is 0 Å². The quantitative estimate of drug-likeness (QED) is 0.776. The molecule has 1 saturated heterocycles. The minimum Gasteiger partial charge on any atom is -0.492 e. The Balaban J connectivity index is 1.83. The normalized spacial score (nSPS) is 20.5. The SMILES string of the molecule is CCOc1cncc(CN2CCS(=O)(=O)CC2c2cnn(CC)c2)c1. The summed E-state index contributed by atoms with van der Waals surface area (Å²) in [5, 5.41) is 4.30. The molecule has 25 heavy (non-hydrogen) atoms. The molecule has 0 bridgehead atoms. The Bertz CT molecular complexity index is 819. The third-order valence-corrected chi connectivity index (χ3v) is 6.00. The maximum atomic E-state index is 12.2. The molecule has 3 rings (SSSR count). The second-order valence-corrected chi connectivity index (χ2v) is 8.42. The summed E-state index contributed by atoms with van der Waals surface area (Å²) in [4.78, 5) is 6.41. The molecule has 3 heterocycles. The number of ether oxygens (including phenoxy) is 1. The number of hydrogen-bond donors (Lipinski definition) is 0. The average molecular weight is 364 g/mol. The number of aryl methyl sites for hydroxylation is 1. The van der Waals surface area contributed by atoms with Crippen LogP contribution in [0.4, 0.5) is 0 Å². The molecule has 0 N–H and O–H groups in total. The van der Waals surface area contributed by atoms with Crippen LogP contribution in [-0.4, -0.2) is 52.7 Å². The summed E-state index contributed by atoms with van der Waals surface area (Å²) in [7, 11) is -3.04. The van der Waals surface area contributed by atoms with Gasteiger partial charge in [-0.15, -0.1) is 0 Å². The molecule has 1 atom stereocenters. The van der Waals surface area contributed by atoms with Crippen molar-refractivity contribution in [3.05, 3.63) is 42.0 Å². The first-order valence-electron chi connectivity index (χ1n) is 8.54. The lowest BCUT2D eigenvalue weighted by Gasteiger charge is -2.35. The molecule has 7 nitrogen and oxygen atoms in total. The number of hydrogen-bond acceptors (Lipinski definition) is 6. The standard InChI is InChI=1S/C17H24N4O3S/c1-3-21-12-15(9-19-21)17-13-25(22,23)6-5-20(17)11-14-7-16(24-4-2)10-18-8-14/h7-10,12,17H,3-6,11,13H2,1-2H3. The van der Waals surface area contributed by atoms with Crippen molar-refractivity contribution in [1.82, 2.24) is 19.7 Å². The van der Waals surface area contributed by atoms with Crippen LogP contribution in [0.15, 0.2) is 30.9 Å². The topological polar surface area (TPSA) is 77.3 Å². The Morgan fingerprint density at radius 1 is 1.28 bits per heavy atom. The predicted molar refractivity (Wildman–Crippen MR) is 95.1 cm³/mol. The van der Waals surface area contributed by atoms with E-state index >= 15 is 0 Å². The largest absolute Gasteiger partial charge is 0.492 e. The minimum absolute atomic E-state index is 0.126. The fraction of sp³-hybridized carbons (Fsp3) is 0.529. The van der Waals surface area contributed by atoms with E-state index in [1.165, 1.54) is 0 Å². The molecule has 0 aromatic carbocycles. The zero-order valence-corrected chi connectivity index (χ0v) is 15.4. The summed E-state index contributed by atoms with van der Waals surface area (Å²) >= 11 is 0. The molecular weight excluding hydrogens is 340 g/mol. The van der Waals surface area contributed by atoms with Gasteiger partial charge in [0, 0.05) is 37.6 Å². The molecule has 0 saturated carbocycles. The van der Waals surface area contributed by atoms with Crippen molar-refractivity contribution in [1.29, 1.82) is 0 Å². The molecule has 8 heteroatoms. The van der Waals surface area contributed by atoms with Crippen LogP contribution >= 0.6 is 0 Å². The van der Waals surface area contributed by atoms with E-state index in [4.69, 9.17) is 4.74 Å². The van der Waals surface area contributed by atoms with Crippen molar-refractivity contribution in [3.8, 4) is 5.75 Å². The number of aromatic nitrogens is 3. The van der Waals surface area contributed by atoms with Crippen molar-refractivity contribution < 1.29 is 13.2 Å². The fourth-order valence-corrected chi connectivity index (χ4v) is 4.66. The number of nitrogens with zero attached hydrogens (tertiary/aromatic N) is 4. The molecular formula is C17H24N4O3S. The molecule has 0 amide bonds. The fourth-order valence-electron chi connectivity index (χ4n) is 3.09. The molecule has 0 radical (unpaired) electrons. The molecule has 0 spiro atoms. The van der Waals surface area contributed by atoms with Gasteiger partial charge in [0.15, 0.2) is 9.84 Å². The molecule has 1 aliphatic rings. The van der Waals surface area contributed by atoms with Gasteiger partial charge < -0.3 is 4.74 Å². The molecule has 1 fully saturated rings. The van der Waals surface area contributed by atoms with Crippen molar-refractivity contribution in [2.75, 3.05) is 24.7 Å². The summed E-state index contributed by atoms with van der Waals surface area (Å²) in [5.41, 5.74) is 1.96. The third kappa shape index (κ3) is 4.38. The van der Waals surface area contributed by atoms with E-state index in [2.05, 4.69) is 15.0 Å². The summed E-state index contributed by atoms with van der Waals surface area (Å²) in [6.07, 6.45) is 7.21. The van der Waals surface area contributed by atoms with Gasteiger partial charge in [-0.05, 0) is 25.5 Å². The Morgan fingerprint density at radius 2 is 2.12 bits per heavy atom. The highest BCUT2D eigenvalue weighted by molar-refractivity contribution is 7.91. The Kier molecular flexibility index (Phi) is 5.39. The average Bonchev–Trinajstić information content (AvgIpc) is 3.06. The molecule has 1 unspecified atom stereocenters.